The molecule has 0 aromatic heterocycles. The molecule has 3 atom stereocenters. The van der Waals surface area contributed by atoms with Crippen molar-refractivity contribution in [3.63, 3.8) is 0 Å². The van der Waals surface area contributed by atoms with Crippen LogP contribution in [0.1, 0.15) is 25.3 Å². The predicted molar refractivity (Wildman–Crippen MR) is 88.1 cm³/mol. The molecule has 0 bridgehead atoms. The monoisotopic (exact) mass is 327 g/mol. The lowest BCUT2D eigenvalue weighted by molar-refractivity contribution is 0.121. The molecule has 1 fully saturated rings. The lowest BCUT2D eigenvalue weighted by atomic mass is 10.00. The molecule has 2 rings (SSSR count). The maximum atomic E-state index is 12.5. The first kappa shape index (κ1) is 16.4. The molecular formula is C15H21NO3S2. The van der Waals surface area contributed by atoms with E-state index in [1.54, 1.807) is 6.92 Å². The Balaban J connectivity index is 2.47. The van der Waals surface area contributed by atoms with E-state index in [4.69, 9.17) is 22.7 Å². The largest absolute Gasteiger partial charge is 0.393 e. The van der Waals surface area contributed by atoms with Crippen molar-refractivity contribution in [3.8, 4) is 0 Å². The number of thiocarbonyl (C=S) groups is 1. The van der Waals surface area contributed by atoms with Gasteiger partial charge in [-0.1, -0.05) is 49.5 Å². The number of sulfone groups is 1. The minimum absolute atomic E-state index is 0.0808. The molecule has 0 unspecified atom stereocenters. The highest BCUT2D eigenvalue weighted by atomic mass is 32.2. The summed E-state index contributed by atoms with van der Waals surface area (Å²) in [5.74, 6) is -0.134. The minimum Gasteiger partial charge on any atom is -0.393 e. The Labute approximate surface area is 131 Å². The predicted octanol–water partition coefficient (Wildman–Crippen LogP) is 1.90. The Bertz CT molecular complexity index is 615. The van der Waals surface area contributed by atoms with Gasteiger partial charge >= 0.3 is 0 Å². The number of hydrogen-bond donors (Lipinski definition) is 1. The summed E-state index contributed by atoms with van der Waals surface area (Å²) in [7, 11) is -3.25. The lowest BCUT2D eigenvalue weighted by Crippen LogP contribution is -2.33. The van der Waals surface area contributed by atoms with Crippen LogP contribution in [0.2, 0.25) is 0 Å². The smallest absolute Gasteiger partial charge is 0.154 e. The standard InChI is InChI=1S/C15H21NO3S2/c1-3-19-10-15(14(16)20)12(11-8-6-5-7-9-11)13(15)21(17,18)4-2/h5-9,12-13H,3-4,10H2,1-2H3,(H2,16,20)/t12-,13-,15-/m0/s1. The van der Waals surface area contributed by atoms with Gasteiger partial charge < -0.3 is 10.5 Å². The van der Waals surface area contributed by atoms with Gasteiger partial charge in [0.15, 0.2) is 9.84 Å². The van der Waals surface area contributed by atoms with Gasteiger partial charge in [0.25, 0.3) is 0 Å². The van der Waals surface area contributed by atoms with Crippen molar-refractivity contribution in [2.75, 3.05) is 19.0 Å². The fourth-order valence-electron chi connectivity index (χ4n) is 3.05. The average Bonchev–Trinajstić information content (AvgIpc) is 3.17. The van der Waals surface area contributed by atoms with Crippen LogP contribution < -0.4 is 5.73 Å². The summed E-state index contributed by atoms with van der Waals surface area (Å²) < 4.78 is 30.4. The molecule has 1 aliphatic carbocycles. The zero-order valence-corrected chi connectivity index (χ0v) is 13.9. The van der Waals surface area contributed by atoms with Crippen molar-refractivity contribution < 1.29 is 13.2 Å². The molecule has 6 heteroatoms. The third-order valence-corrected chi connectivity index (χ3v) is 6.86. The third-order valence-electron chi connectivity index (χ3n) is 4.21. The summed E-state index contributed by atoms with van der Waals surface area (Å²) in [5.41, 5.74) is 6.10. The van der Waals surface area contributed by atoms with E-state index < -0.39 is 20.5 Å². The van der Waals surface area contributed by atoms with Crippen molar-refractivity contribution in [3.05, 3.63) is 35.9 Å². The summed E-state index contributed by atoms with van der Waals surface area (Å²) >= 11 is 5.21. The zero-order chi connectivity index (χ0) is 15.7. The number of ether oxygens (including phenoxy) is 1. The molecule has 0 amide bonds. The maximum Gasteiger partial charge on any atom is 0.154 e. The van der Waals surface area contributed by atoms with Crippen molar-refractivity contribution in [1.29, 1.82) is 0 Å². The highest BCUT2D eigenvalue weighted by molar-refractivity contribution is 7.92. The number of benzene rings is 1. The van der Waals surface area contributed by atoms with Crippen LogP contribution >= 0.6 is 12.2 Å². The quantitative estimate of drug-likeness (QED) is 0.775. The number of nitrogens with two attached hydrogens (primary N) is 1. The van der Waals surface area contributed by atoms with Crippen LogP contribution in [0.3, 0.4) is 0 Å². The van der Waals surface area contributed by atoms with Crippen molar-refractivity contribution in [2.24, 2.45) is 11.1 Å². The maximum absolute atomic E-state index is 12.5. The van der Waals surface area contributed by atoms with E-state index in [2.05, 4.69) is 0 Å². The summed E-state index contributed by atoms with van der Waals surface area (Å²) in [6.45, 7) is 4.28. The van der Waals surface area contributed by atoms with Gasteiger partial charge in [0.1, 0.15) is 0 Å². The van der Waals surface area contributed by atoms with Crippen LogP contribution in [-0.4, -0.2) is 37.6 Å². The van der Waals surface area contributed by atoms with E-state index in [0.29, 0.717) is 6.61 Å². The van der Waals surface area contributed by atoms with Crippen LogP contribution in [0.5, 0.6) is 0 Å². The Hall–Kier alpha value is -0.980. The van der Waals surface area contributed by atoms with Gasteiger partial charge in [-0.3, -0.25) is 0 Å². The third kappa shape index (κ3) is 2.72. The number of hydrogen-bond acceptors (Lipinski definition) is 4. The van der Waals surface area contributed by atoms with Gasteiger partial charge in [-0.2, -0.15) is 0 Å². The Morgan fingerprint density at radius 2 is 1.95 bits per heavy atom. The van der Waals surface area contributed by atoms with E-state index >= 15 is 0 Å². The van der Waals surface area contributed by atoms with Gasteiger partial charge in [-0.05, 0) is 12.5 Å². The Morgan fingerprint density at radius 1 is 1.33 bits per heavy atom. The van der Waals surface area contributed by atoms with Gasteiger partial charge in [-0.25, -0.2) is 8.42 Å². The molecule has 0 spiro atoms. The number of rotatable bonds is 7. The average molecular weight is 327 g/mol. The second-order valence-corrected chi connectivity index (χ2v) is 8.15. The first-order valence-electron chi connectivity index (χ1n) is 7.06. The molecule has 0 aliphatic heterocycles. The van der Waals surface area contributed by atoms with Crippen molar-refractivity contribution >= 4 is 27.0 Å². The minimum atomic E-state index is -3.25. The molecule has 1 aromatic rings. The molecule has 1 aromatic carbocycles. The highest BCUT2D eigenvalue weighted by Gasteiger charge is 2.72. The van der Waals surface area contributed by atoms with E-state index in [1.165, 1.54) is 0 Å². The van der Waals surface area contributed by atoms with E-state index in [0.717, 1.165) is 5.56 Å². The Kier molecular flexibility index (Phi) is 4.70. The summed E-state index contributed by atoms with van der Waals surface area (Å²) in [4.78, 5) is 0.229. The van der Waals surface area contributed by atoms with Gasteiger partial charge in [0.05, 0.1) is 22.3 Å². The Morgan fingerprint density at radius 3 is 2.43 bits per heavy atom. The lowest BCUT2D eigenvalue weighted by Gasteiger charge is -2.16. The fourth-order valence-corrected chi connectivity index (χ4v) is 5.52. The molecule has 21 heavy (non-hydrogen) atoms. The topological polar surface area (TPSA) is 69.4 Å². The first-order valence-corrected chi connectivity index (χ1v) is 9.18. The molecular weight excluding hydrogens is 306 g/mol. The van der Waals surface area contributed by atoms with Crippen LogP contribution in [0.4, 0.5) is 0 Å². The van der Waals surface area contributed by atoms with E-state index in [-0.39, 0.29) is 23.3 Å². The van der Waals surface area contributed by atoms with Crippen LogP contribution in [0.15, 0.2) is 30.3 Å². The van der Waals surface area contributed by atoms with Gasteiger partial charge in [0.2, 0.25) is 0 Å². The summed E-state index contributed by atoms with van der Waals surface area (Å²) in [5, 5.41) is -0.582. The SMILES string of the molecule is CCOC[C@]1(C(N)=S)[C@@H](c2ccccc2)[C@@H]1S(=O)(=O)CC. The van der Waals surface area contributed by atoms with Crippen LogP contribution in [-0.2, 0) is 14.6 Å². The molecule has 0 radical (unpaired) electrons. The summed E-state index contributed by atoms with van der Waals surface area (Å²) in [6.07, 6.45) is 0. The van der Waals surface area contributed by atoms with E-state index in [1.807, 2.05) is 37.3 Å². The van der Waals surface area contributed by atoms with Crippen molar-refractivity contribution in [2.45, 2.75) is 25.0 Å². The fraction of sp³-hybridized carbons (Fsp3) is 0.533. The molecule has 2 N–H and O–H groups in total. The first-order chi connectivity index (χ1) is 9.91. The molecule has 0 heterocycles. The molecule has 1 saturated carbocycles. The van der Waals surface area contributed by atoms with Crippen LogP contribution in [0, 0.1) is 5.41 Å². The second-order valence-electron chi connectivity index (χ2n) is 5.30. The molecule has 1 aliphatic rings. The van der Waals surface area contributed by atoms with Gasteiger partial charge in [-0.15, -0.1) is 0 Å². The summed E-state index contributed by atoms with van der Waals surface area (Å²) in [6, 6.07) is 9.55. The molecule has 4 nitrogen and oxygen atoms in total. The van der Waals surface area contributed by atoms with Gasteiger partial charge in [0, 0.05) is 18.3 Å². The normalized spacial score (nSPS) is 28.3. The zero-order valence-electron chi connectivity index (χ0n) is 12.3. The second kappa shape index (κ2) is 6.02. The molecule has 0 saturated heterocycles. The van der Waals surface area contributed by atoms with Crippen LogP contribution in [0.25, 0.3) is 0 Å². The highest BCUT2D eigenvalue weighted by Crippen LogP contribution is 2.63. The molecule has 116 valence electrons. The van der Waals surface area contributed by atoms with E-state index in [9.17, 15) is 8.42 Å². The van der Waals surface area contributed by atoms with Crippen molar-refractivity contribution in [1.82, 2.24) is 0 Å².